The number of nitrogens with zero attached hydrogens (tertiary/aromatic N) is 1. The second-order valence-corrected chi connectivity index (χ2v) is 6.12. The van der Waals surface area contributed by atoms with Gasteiger partial charge in [0.15, 0.2) is 0 Å². The van der Waals surface area contributed by atoms with E-state index in [9.17, 15) is 4.79 Å². The highest BCUT2D eigenvalue weighted by Crippen LogP contribution is 2.24. The molecule has 1 heterocycles. The van der Waals surface area contributed by atoms with Crippen molar-refractivity contribution >= 4 is 27.5 Å². The molecule has 112 valence electrons. The molecule has 0 aliphatic carbocycles. The molecule has 0 saturated carbocycles. The summed E-state index contributed by atoms with van der Waals surface area (Å²) in [6.07, 6.45) is 2.77. The fourth-order valence-corrected chi connectivity index (χ4v) is 2.94. The van der Waals surface area contributed by atoms with E-state index in [2.05, 4.69) is 38.0 Å². The highest BCUT2D eigenvalue weighted by Gasteiger charge is 2.24. The van der Waals surface area contributed by atoms with Gasteiger partial charge in [-0.3, -0.25) is 4.79 Å². The van der Waals surface area contributed by atoms with E-state index < -0.39 is 0 Å². The fraction of sp³-hybridized carbons (Fsp3) is 0.471. The van der Waals surface area contributed by atoms with Gasteiger partial charge in [0.1, 0.15) is 0 Å². The van der Waals surface area contributed by atoms with Gasteiger partial charge >= 0.3 is 0 Å². The van der Waals surface area contributed by atoms with Crippen LogP contribution in [0.15, 0.2) is 28.7 Å². The number of halogens is 1. The first-order valence-corrected chi connectivity index (χ1v) is 8.17. The number of hydrogen-bond donors (Lipinski definition) is 1. The molecular weight excluding hydrogens is 328 g/mol. The van der Waals surface area contributed by atoms with E-state index in [4.69, 9.17) is 0 Å². The van der Waals surface area contributed by atoms with Gasteiger partial charge in [0.25, 0.3) is 0 Å². The number of hydrogen-bond acceptors (Lipinski definition) is 2. The molecule has 1 N–H and O–H groups in total. The first-order valence-electron chi connectivity index (χ1n) is 7.38. The maximum Gasteiger partial charge on any atom is 0.227 e. The molecule has 2 rings (SSSR count). The van der Waals surface area contributed by atoms with Gasteiger partial charge < -0.3 is 10.2 Å². The Morgan fingerprint density at radius 1 is 1.38 bits per heavy atom. The molecule has 4 heteroatoms. The van der Waals surface area contributed by atoms with Gasteiger partial charge in [0.05, 0.1) is 5.69 Å². The van der Waals surface area contributed by atoms with Crippen molar-refractivity contribution in [3.63, 3.8) is 0 Å². The predicted octanol–water partition coefficient (Wildman–Crippen LogP) is 3.51. The van der Waals surface area contributed by atoms with Crippen molar-refractivity contribution < 1.29 is 4.79 Å². The molecule has 1 saturated heterocycles. The number of carbonyl (C=O) groups excluding carboxylic acids is 1. The Labute approximate surface area is 135 Å². The molecule has 0 aromatic heterocycles. The van der Waals surface area contributed by atoms with Crippen molar-refractivity contribution in [2.24, 2.45) is 5.92 Å². The van der Waals surface area contributed by atoms with E-state index in [0.29, 0.717) is 0 Å². The highest BCUT2D eigenvalue weighted by molar-refractivity contribution is 9.10. The van der Waals surface area contributed by atoms with Crippen LogP contribution in [0.4, 0.5) is 5.69 Å². The van der Waals surface area contributed by atoms with Gasteiger partial charge in [-0.25, -0.2) is 0 Å². The third-order valence-corrected chi connectivity index (χ3v) is 4.51. The summed E-state index contributed by atoms with van der Waals surface area (Å²) in [5.41, 5.74) is 0.850. The molecule has 1 amide bonds. The van der Waals surface area contributed by atoms with Crippen LogP contribution < -0.4 is 5.32 Å². The van der Waals surface area contributed by atoms with E-state index in [1.807, 2.05) is 31.2 Å². The quantitative estimate of drug-likeness (QED) is 0.844. The molecule has 0 bridgehead atoms. The summed E-state index contributed by atoms with van der Waals surface area (Å²) in [5.74, 6) is 6.26. The number of piperidine rings is 1. The van der Waals surface area contributed by atoms with Crippen LogP contribution in [0.1, 0.15) is 26.2 Å². The standard InChI is InChI=1S/C17H21BrN2O/c1-2-3-6-11-20-12-9-14(10-13-20)17(21)19-16-8-5-4-7-15(16)18/h4-5,7-8,14H,6,9-13H2,1H3,(H,19,21). The summed E-state index contributed by atoms with van der Waals surface area (Å²) in [4.78, 5) is 14.7. The van der Waals surface area contributed by atoms with Crippen LogP contribution in [0.5, 0.6) is 0 Å². The Balaban J connectivity index is 1.80. The van der Waals surface area contributed by atoms with Crippen molar-refractivity contribution in [2.45, 2.75) is 26.2 Å². The van der Waals surface area contributed by atoms with E-state index in [0.717, 1.165) is 49.1 Å². The number of benzene rings is 1. The summed E-state index contributed by atoms with van der Waals surface area (Å²) in [7, 11) is 0. The molecule has 21 heavy (non-hydrogen) atoms. The average Bonchev–Trinajstić information content (AvgIpc) is 2.50. The molecule has 0 unspecified atom stereocenters. The van der Waals surface area contributed by atoms with Crippen LogP contribution >= 0.6 is 15.9 Å². The lowest BCUT2D eigenvalue weighted by Gasteiger charge is -2.30. The van der Waals surface area contributed by atoms with Crippen LogP contribution in [0, 0.1) is 17.8 Å². The van der Waals surface area contributed by atoms with Crippen molar-refractivity contribution in [3.8, 4) is 11.8 Å². The van der Waals surface area contributed by atoms with Gasteiger partial charge in [-0.2, -0.15) is 0 Å². The van der Waals surface area contributed by atoms with Crippen molar-refractivity contribution in [3.05, 3.63) is 28.7 Å². The largest absolute Gasteiger partial charge is 0.325 e. The van der Waals surface area contributed by atoms with E-state index in [1.54, 1.807) is 0 Å². The van der Waals surface area contributed by atoms with E-state index in [1.165, 1.54) is 0 Å². The average molecular weight is 349 g/mol. The summed E-state index contributed by atoms with van der Waals surface area (Å²) in [6, 6.07) is 7.72. The zero-order chi connectivity index (χ0) is 15.1. The number of nitrogens with one attached hydrogen (secondary N) is 1. The molecule has 1 aliphatic heterocycles. The number of carbonyl (C=O) groups is 1. The normalized spacial score (nSPS) is 16.1. The van der Waals surface area contributed by atoms with E-state index >= 15 is 0 Å². The van der Waals surface area contributed by atoms with Gasteiger partial charge in [-0.15, -0.1) is 11.8 Å². The molecule has 1 aromatic carbocycles. The van der Waals surface area contributed by atoms with E-state index in [-0.39, 0.29) is 11.8 Å². The zero-order valence-corrected chi connectivity index (χ0v) is 13.9. The lowest BCUT2D eigenvalue weighted by Crippen LogP contribution is -2.38. The van der Waals surface area contributed by atoms with Gasteiger partial charge in [-0.05, 0) is 60.9 Å². The minimum atomic E-state index is 0.116. The summed E-state index contributed by atoms with van der Waals surface area (Å²) in [6.45, 7) is 4.86. The molecule has 0 radical (unpaired) electrons. The fourth-order valence-electron chi connectivity index (χ4n) is 2.56. The van der Waals surface area contributed by atoms with Gasteiger partial charge in [0.2, 0.25) is 5.91 Å². The molecule has 0 spiro atoms. The van der Waals surface area contributed by atoms with Crippen LogP contribution in [0.25, 0.3) is 0 Å². The Hall–Kier alpha value is -1.31. The maximum absolute atomic E-state index is 12.3. The summed E-state index contributed by atoms with van der Waals surface area (Å²) < 4.78 is 0.925. The Kier molecular flexibility index (Phi) is 6.28. The van der Waals surface area contributed by atoms with Crippen molar-refractivity contribution in [1.82, 2.24) is 4.90 Å². The second-order valence-electron chi connectivity index (χ2n) is 5.26. The van der Waals surface area contributed by atoms with Gasteiger partial charge in [-0.1, -0.05) is 12.1 Å². The SMILES string of the molecule is CC#CCCN1CCC(C(=O)Nc2ccccc2Br)CC1. The third kappa shape index (κ3) is 4.87. The van der Waals surface area contributed by atoms with Crippen LogP contribution in [-0.2, 0) is 4.79 Å². The number of amides is 1. The smallest absolute Gasteiger partial charge is 0.227 e. The maximum atomic E-state index is 12.3. The molecule has 0 atom stereocenters. The Morgan fingerprint density at radius 2 is 2.10 bits per heavy atom. The lowest BCUT2D eigenvalue weighted by molar-refractivity contribution is -0.121. The first-order chi connectivity index (χ1) is 10.2. The Bertz CT molecular complexity index is 539. The Morgan fingerprint density at radius 3 is 2.76 bits per heavy atom. The topological polar surface area (TPSA) is 32.3 Å². The molecule has 1 aromatic rings. The second kappa shape index (κ2) is 8.21. The lowest BCUT2D eigenvalue weighted by atomic mass is 9.95. The van der Waals surface area contributed by atoms with Crippen LogP contribution in [0.3, 0.4) is 0 Å². The highest BCUT2D eigenvalue weighted by atomic mass is 79.9. The first kappa shape index (κ1) is 16.1. The predicted molar refractivity (Wildman–Crippen MR) is 90.0 cm³/mol. The number of likely N-dealkylation sites (tertiary alicyclic amines) is 1. The minimum Gasteiger partial charge on any atom is -0.325 e. The number of para-hydroxylation sites is 1. The minimum absolute atomic E-state index is 0.116. The monoisotopic (exact) mass is 348 g/mol. The van der Waals surface area contributed by atoms with Crippen LogP contribution in [-0.4, -0.2) is 30.4 Å². The molecule has 3 nitrogen and oxygen atoms in total. The van der Waals surface area contributed by atoms with Crippen molar-refractivity contribution in [2.75, 3.05) is 25.0 Å². The summed E-state index contributed by atoms with van der Waals surface area (Å²) >= 11 is 3.46. The zero-order valence-electron chi connectivity index (χ0n) is 12.4. The third-order valence-electron chi connectivity index (χ3n) is 3.82. The molecule has 1 aliphatic rings. The number of rotatable bonds is 4. The van der Waals surface area contributed by atoms with Crippen LogP contribution in [0.2, 0.25) is 0 Å². The molecular formula is C17H21BrN2O. The summed E-state index contributed by atoms with van der Waals surface area (Å²) in [5, 5.41) is 3.02. The number of anilines is 1. The van der Waals surface area contributed by atoms with Gasteiger partial charge in [0, 0.05) is 23.4 Å². The molecule has 1 fully saturated rings. The van der Waals surface area contributed by atoms with Crippen molar-refractivity contribution in [1.29, 1.82) is 0 Å².